The Labute approximate surface area is 194 Å². The van der Waals surface area contributed by atoms with E-state index in [0.717, 1.165) is 36.3 Å². The van der Waals surface area contributed by atoms with Gasteiger partial charge in [0.15, 0.2) is 15.8 Å². The lowest BCUT2D eigenvalue weighted by molar-refractivity contribution is 0.200. The molecule has 2 aromatic rings. The molecule has 0 aliphatic heterocycles. The van der Waals surface area contributed by atoms with Crippen LogP contribution in [0.2, 0.25) is 0 Å². The molecule has 0 spiro atoms. The fourth-order valence-corrected chi connectivity index (χ4v) is 4.95. The molecule has 9 heteroatoms. The molecule has 0 saturated heterocycles. The Morgan fingerprint density at radius 1 is 1.21 bits per heavy atom. The van der Waals surface area contributed by atoms with Gasteiger partial charge in [0.25, 0.3) is 0 Å². The maximum Gasteiger partial charge on any atom is 0.191 e. The number of rotatable bonds is 10. The molecule has 1 aromatic carbocycles. The van der Waals surface area contributed by atoms with Crippen molar-refractivity contribution in [2.24, 2.45) is 4.99 Å². The molecular formula is C20H30IN3O3S2. The molecule has 1 aromatic heterocycles. The molecule has 162 valence electrons. The third-order valence-electron chi connectivity index (χ3n) is 4.08. The lowest BCUT2D eigenvalue weighted by Gasteiger charge is -2.16. The van der Waals surface area contributed by atoms with E-state index in [-0.39, 0.29) is 40.5 Å². The zero-order valence-electron chi connectivity index (χ0n) is 16.8. The summed E-state index contributed by atoms with van der Waals surface area (Å²) in [4.78, 5) is 4.55. The number of guanidine groups is 1. The number of aliphatic hydroxyl groups excluding tert-OH is 1. The highest BCUT2D eigenvalue weighted by atomic mass is 127. The number of halogens is 1. The second-order valence-electron chi connectivity index (χ2n) is 6.68. The Balaban J connectivity index is 0.00000420. The van der Waals surface area contributed by atoms with Crippen LogP contribution in [-0.2, 0) is 16.4 Å². The summed E-state index contributed by atoms with van der Waals surface area (Å²) in [5.74, 6) is 0.252. The number of nitrogens with one attached hydrogen (secondary N) is 2. The number of sulfone groups is 1. The Kier molecular flexibility index (Phi) is 11.8. The van der Waals surface area contributed by atoms with E-state index in [1.54, 1.807) is 17.5 Å². The van der Waals surface area contributed by atoms with E-state index in [1.165, 1.54) is 5.56 Å². The van der Waals surface area contributed by atoms with Crippen molar-refractivity contribution < 1.29 is 13.5 Å². The van der Waals surface area contributed by atoms with Gasteiger partial charge in [0.2, 0.25) is 0 Å². The highest BCUT2D eigenvalue weighted by molar-refractivity contribution is 14.0. The van der Waals surface area contributed by atoms with E-state index >= 15 is 0 Å². The van der Waals surface area contributed by atoms with Gasteiger partial charge in [-0.15, -0.1) is 35.3 Å². The Bertz CT molecular complexity index is 838. The normalized spacial score (nSPS) is 12.9. The summed E-state index contributed by atoms with van der Waals surface area (Å²) in [6.07, 6.45) is 1.03. The number of aliphatic imine (C=N–C) groups is 1. The average molecular weight is 552 g/mol. The molecule has 3 N–H and O–H groups in total. The monoisotopic (exact) mass is 551 g/mol. The van der Waals surface area contributed by atoms with Gasteiger partial charge >= 0.3 is 0 Å². The SMILES string of the molecule is CCCCNC(=NCc1ccc(C)cc1)NCC(O)CS(=O)(=O)c1cccs1.I. The summed E-state index contributed by atoms with van der Waals surface area (Å²) in [6, 6.07) is 11.4. The van der Waals surface area contributed by atoms with E-state index in [9.17, 15) is 13.5 Å². The molecule has 2 rings (SSSR count). The second-order valence-corrected chi connectivity index (χ2v) is 9.89. The first-order valence-corrected chi connectivity index (χ1v) is 12.0. The van der Waals surface area contributed by atoms with Crippen LogP contribution < -0.4 is 10.6 Å². The molecule has 0 aliphatic rings. The highest BCUT2D eigenvalue weighted by Gasteiger charge is 2.20. The molecule has 6 nitrogen and oxygen atoms in total. The van der Waals surface area contributed by atoms with Crippen LogP contribution in [0.15, 0.2) is 51.0 Å². The highest BCUT2D eigenvalue weighted by Crippen LogP contribution is 2.18. The topological polar surface area (TPSA) is 90.8 Å². The maximum atomic E-state index is 12.3. The summed E-state index contributed by atoms with van der Waals surface area (Å²) in [6.45, 7) is 5.52. The fourth-order valence-electron chi connectivity index (χ4n) is 2.47. The molecule has 0 bridgehead atoms. The lowest BCUT2D eigenvalue weighted by Crippen LogP contribution is -2.43. The molecular weight excluding hydrogens is 521 g/mol. The third-order valence-corrected chi connectivity index (χ3v) is 7.37. The van der Waals surface area contributed by atoms with Gasteiger partial charge in [0.1, 0.15) is 4.21 Å². The van der Waals surface area contributed by atoms with Crippen molar-refractivity contribution in [2.45, 2.75) is 43.5 Å². The first-order valence-electron chi connectivity index (χ1n) is 9.42. The molecule has 29 heavy (non-hydrogen) atoms. The molecule has 0 radical (unpaired) electrons. The zero-order valence-corrected chi connectivity index (χ0v) is 20.8. The van der Waals surface area contributed by atoms with E-state index in [4.69, 9.17) is 0 Å². The van der Waals surface area contributed by atoms with Gasteiger partial charge in [-0.1, -0.05) is 49.2 Å². The van der Waals surface area contributed by atoms with Gasteiger partial charge in [0, 0.05) is 13.1 Å². The second kappa shape index (κ2) is 13.2. The number of nitrogens with zero attached hydrogens (tertiary/aromatic N) is 1. The van der Waals surface area contributed by atoms with Crippen molar-refractivity contribution in [3.05, 3.63) is 52.9 Å². The van der Waals surface area contributed by atoms with E-state index in [2.05, 4.69) is 22.5 Å². The molecule has 0 fully saturated rings. The first-order chi connectivity index (χ1) is 13.4. The van der Waals surface area contributed by atoms with Crippen LogP contribution in [0.1, 0.15) is 30.9 Å². The largest absolute Gasteiger partial charge is 0.390 e. The van der Waals surface area contributed by atoms with Crippen LogP contribution in [0.5, 0.6) is 0 Å². The minimum Gasteiger partial charge on any atom is -0.390 e. The molecule has 1 atom stereocenters. The third kappa shape index (κ3) is 9.45. The van der Waals surface area contributed by atoms with Crippen LogP contribution in [0.4, 0.5) is 0 Å². The van der Waals surface area contributed by atoms with Crippen molar-refractivity contribution in [3.8, 4) is 0 Å². The van der Waals surface area contributed by atoms with Crippen molar-refractivity contribution in [1.82, 2.24) is 10.6 Å². The van der Waals surface area contributed by atoms with Crippen LogP contribution in [0.25, 0.3) is 0 Å². The van der Waals surface area contributed by atoms with Crippen LogP contribution in [0, 0.1) is 6.92 Å². The first kappa shape index (κ1) is 25.9. The average Bonchev–Trinajstić information content (AvgIpc) is 3.20. The molecule has 0 saturated carbocycles. The number of aliphatic hydroxyl groups is 1. The Morgan fingerprint density at radius 3 is 2.55 bits per heavy atom. The van der Waals surface area contributed by atoms with Crippen LogP contribution >= 0.6 is 35.3 Å². The van der Waals surface area contributed by atoms with Gasteiger partial charge in [-0.05, 0) is 30.4 Å². The summed E-state index contributed by atoms with van der Waals surface area (Å²) >= 11 is 1.16. The quantitative estimate of drug-likeness (QED) is 0.183. The minimum atomic E-state index is -3.48. The fraction of sp³-hybridized carbons (Fsp3) is 0.450. The van der Waals surface area contributed by atoms with Gasteiger partial charge in [-0.25, -0.2) is 13.4 Å². The van der Waals surface area contributed by atoms with Crippen molar-refractivity contribution in [3.63, 3.8) is 0 Å². The minimum absolute atomic E-state index is 0. The number of aryl methyl sites for hydroxylation is 1. The van der Waals surface area contributed by atoms with Gasteiger partial charge in [-0.3, -0.25) is 0 Å². The number of thiophene rings is 1. The Hall–Kier alpha value is -1.17. The standard InChI is InChI=1S/C20H29N3O3S2.HI/c1-3-4-11-21-20(22-13-17-9-7-16(2)8-10-17)23-14-18(24)15-28(25,26)19-6-5-12-27-19;/h5-10,12,18,24H,3-4,11,13-15H2,1-2H3,(H2,21,22,23);1H. The number of benzene rings is 1. The van der Waals surface area contributed by atoms with Crippen LogP contribution in [0.3, 0.4) is 0 Å². The summed E-state index contributed by atoms with van der Waals surface area (Å²) in [7, 11) is -3.48. The van der Waals surface area contributed by atoms with Gasteiger partial charge < -0.3 is 15.7 Å². The van der Waals surface area contributed by atoms with Gasteiger partial charge in [0.05, 0.1) is 18.4 Å². The zero-order chi connectivity index (χ0) is 20.4. The number of unbranched alkanes of at least 4 members (excludes halogenated alkanes) is 1. The van der Waals surface area contributed by atoms with Crippen molar-refractivity contribution in [1.29, 1.82) is 0 Å². The van der Waals surface area contributed by atoms with E-state index in [1.807, 2.05) is 31.2 Å². The predicted molar refractivity (Wildman–Crippen MR) is 131 cm³/mol. The Morgan fingerprint density at radius 2 is 1.93 bits per heavy atom. The maximum absolute atomic E-state index is 12.3. The van der Waals surface area contributed by atoms with Gasteiger partial charge in [-0.2, -0.15) is 0 Å². The molecule has 1 heterocycles. The lowest BCUT2D eigenvalue weighted by atomic mass is 10.1. The van der Waals surface area contributed by atoms with Crippen molar-refractivity contribution in [2.75, 3.05) is 18.8 Å². The van der Waals surface area contributed by atoms with E-state index in [0.29, 0.717) is 12.5 Å². The summed E-state index contributed by atoms with van der Waals surface area (Å²) in [5, 5.41) is 18.2. The smallest absolute Gasteiger partial charge is 0.191 e. The molecule has 0 amide bonds. The number of hydrogen-bond donors (Lipinski definition) is 3. The molecule has 0 aliphatic carbocycles. The van der Waals surface area contributed by atoms with E-state index < -0.39 is 15.9 Å². The van der Waals surface area contributed by atoms with Crippen LogP contribution in [-0.4, -0.2) is 44.4 Å². The number of hydrogen-bond acceptors (Lipinski definition) is 5. The van der Waals surface area contributed by atoms with Crippen molar-refractivity contribution >= 4 is 51.1 Å². The predicted octanol–water partition coefficient (Wildman–Crippen LogP) is 3.34. The summed E-state index contributed by atoms with van der Waals surface area (Å²) in [5.41, 5.74) is 2.28. The summed E-state index contributed by atoms with van der Waals surface area (Å²) < 4.78 is 24.8. The molecule has 1 unspecified atom stereocenters.